The van der Waals surface area contributed by atoms with Gasteiger partial charge >= 0.3 is 0 Å². The molecule has 214 valence electrons. The molecule has 1 unspecified atom stereocenters. The first-order chi connectivity index (χ1) is 19.8. The summed E-state index contributed by atoms with van der Waals surface area (Å²) in [6.45, 7) is 2.11. The van der Waals surface area contributed by atoms with Crippen molar-refractivity contribution in [3.63, 3.8) is 0 Å². The molecule has 3 amide bonds. The fourth-order valence-corrected chi connectivity index (χ4v) is 8.87. The number of thiophene rings is 2. The lowest BCUT2D eigenvalue weighted by Crippen LogP contribution is -2.46. The van der Waals surface area contributed by atoms with Gasteiger partial charge in [-0.3, -0.25) is 14.4 Å². The fraction of sp³-hybridized carbons (Fsp3) is 0.519. The number of amides is 3. The molecule has 0 bridgehead atoms. The quantitative estimate of drug-likeness (QED) is 0.304. The van der Waals surface area contributed by atoms with E-state index in [1.807, 2.05) is 19.1 Å². The number of aryl methyl sites for hydroxylation is 2. The van der Waals surface area contributed by atoms with Crippen molar-refractivity contribution in [2.24, 2.45) is 5.92 Å². The van der Waals surface area contributed by atoms with E-state index in [1.165, 1.54) is 22.7 Å². The zero-order chi connectivity index (χ0) is 28.9. The van der Waals surface area contributed by atoms with E-state index in [2.05, 4.69) is 42.6 Å². The van der Waals surface area contributed by atoms with E-state index in [-0.39, 0.29) is 42.4 Å². The van der Waals surface area contributed by atoms with E-state index in [1.54, 1.807) is 19.0 Å². The topological polar surface area (TPSA) is 169 Å². The molecule has 1 aliphatic heterocycles. The fourth-order valence-electron chi connectivity index (χ4n) is 6.50. The Morgan fingerprint density at radius 2 is 1.76 bits per heavy atom. The molecule has 41 heavy (non-hydrogen) atoms. The van der Waals surface area contributed by atoms with Crippen LogP contribution in [-0.2, 0) is 23.1 Å². The van der Waals surface area contributed by atoms with E-state index in [0.717, 1.165) is 33.7 Å². The van der Waals surface area contributed by atoms with Gasteiger partial charge in [-0.1, -0.05) is 5.21 Å². The standard InChI is InChI=1S/C27H31N9O3S2/c1-13(31-12-23(37)36-15(11-28)6-14-7-18(14)36)10-27(26-32-34-35-33-26)16-8-21(24(38)29-2)40-19(16)4-5-20-17(27)9-22(41-20)25(39)30-3/h8-9,13-15,18,31H,4-7,10,12H2,1-3H3,(H,29,38)(H,30,39)(H,32,33,34,35)/t13-,14-,15?,18+/m1/s1. The number of nitriles is 1. The second-order valence-electron chi connectivity index (χ2n) is 10.9. The molecule has 14 heteroatoms. The SMILES string of the molecule is CNC(=O)c1cc2c(s1)CCc1sc(C(=O)NC)cc1C2(C[C@@H](C)NCC(=O)N1C(C#N)C[C@@H]2C[C@@H]21)c1nn[nH]n1. The number of nitrogens with zero attached hydrogens (tertiary/aromatic N) is 5. The molecule has 6 rings (SSSR count). The van der Waals surface area contributed by atoms with Gasteiger partial charge in [-0.05, 0) is 68.2 Å². The summed E-state index contributed by atoms with van der Waals surface area (Å²) in [6.07, 6.45) is 3.58. The largest absolute Gasteiger partial charge is 0.354 e. The Bertz CT molecular complexity index is 1480. The number of nitrogens with one attached hydrogen (secondary N) is 4. The summed E-state index contributed by atoms with van der Waals surface area (Å²) in [4.78, 5) is 43.7. The van der Waals surface area contributed by atoms with Gasteiger partial charge in [0.25, 0.3) is 11.8 Å². The molecule has 12 nitrogen and oxygen atoms in total. The van der Waals surface area contributed by atoms with Gasteiger partial charge in [-0.2, -0.15) is 10.5 Å². The van der Waals surface area contributed by atoms with Crippen LogP contribution in [0.4, 0.5) is 0 Å². The molecule has 0 radical (unpaired) electrons. The second-order valence-corrected chi connectivity index (χ2v) is 13.2. The Labute approximate surface area is 244 Å². The van der Waals surface area contributed by atoms with Crippen LogP contribution in [0.5, 0.6) is 0 Å². The van der Waals surface area contributed by atoms with Crippen molar-refractivity contribution in [3.05, 3.63) is 48.6 Å². The third-order valence-corrected chi connectivity index (χ3v) is 10.9. The molecule has 4 N–H and O–H groups in total. The summed E-state index contributed by atoms with van der Waals surface area (Å²) in [5.41, 5.74) is 0.888. The Kier molecular flexibility index (Phi) is 7.13. The lowest BCUT2D eigenvalue weighted by atomic mass is 9.70. The molecule has 1 saturated heterocycles. The Balaban J connectivity index is 1.39. The number of carbonyl (C=O) groups is 3. The number of fused-ring (bicyclic) bond motifs is 3. The molecule has 3 aromatic rings. The average Bonchev–Trinajstić information content (AvgIpc) is 3.48. The van der Waals surface area contributed by atoms with Gasteiger partial charge in [0.15, 0.2) is 5.82 Å². The molecular weight excluding hydrogens is 562 g/mol. The summed E-state index contributed by atoms with van der Waals surface area (Å²) in [5, 5.41) is 33.8. The van der Waals surface area contributed by atoms with E-state index >= 15 is 0 Å². The summed E-state index contributed by atoms with van der Waals surface area (Å²) in [5.74, 6) is 0.476. The van der Waals surface area contributed by atoms with Crippen molar-refractivity contribution >= 4 is 40.4 Å². The van der Waals surface area contributed by atoms with E-state index in [0.29, 0.717) is 40.8 Å². The smallest absolute Gasteiger partial charge is 0.261 e. The zero-order valence-electron chi connectivity index (χ0n) is 23.0. The molecule has 2 aliphatic carbocycles. The van der Waals surface area contributed by atoms with Crippen LogP contribution >= 0.6 is 22.7 Å². The minimum absolute atomic E-state index is 0.0703. The summed E-state index contributed by atoms with van der Waals surface area (Å²) >= 11 is 2.91. The lowest BCUT2D eigenvalue weighted by Gasteiger charge is -2.34. The average molecular weight is 594 g/mol. The summed E-state index contributed by atoms with van der Waals surface area (Å²) in [6, 6.07) is 5.72. The molecule has 4 atom stereocenters. The number of aromatic amines is 1. The maximum Gasteiger partial charge on any atom is 0.261 e. The van der Waals surface area contributed by atoms with Gasteiger partial charge in [-0.15, -0.1) is 32.9 Å². The van der Waals surface area contributed by atoms with Crippen LogP contribution in [0.3, 0.4) is 0 Å². The molecule has 1 saturated carbocycles. The monoisotopic (exact) mass is 593 g/mol. The van der Waals surface area contributed by atoms with Crippen LogP contribution in [0.2, 0.25) is 0 Å². The van der Waals surface area contributed by atoms with Crippen LogP contribution in [0.15, 0.2) is 12.1 Å². The molecule has 3 aromatic heterocycles. The number of likely N-dealkylation sites (tertiary alicyclic amines) is 1. The number of aromatic nitrogens is 4. The molecule has 4 heterocycles. The van der Waals surface area contributed by atoms with Crippen molar-refractivity contribution in [1.29, 1.82) is 5.26 Å². The van der Waals surface area contributed by atoms with Crippen molar-refractivity contribution < 1.29 is 14.4 Å². The highest BCUT2D eigenvalue weighted by molar-refractivity contribution is 7.15. The van der Waals surface area contributed by atoms with E-state index in [4.69, 9.17) is 0 Å². The summed E-state index contributed by atoms with van der Waals surface area (Å²) < 4.78 is 0. The van der Waals surface area contributed by atoms with E-state index in [9.17, 15) is 19.6 Å². The Morgan fingerprint density at radius 3 is 2.29 bits per heavy atom. The number of hydrogen-bond acceptors (Lipinski definition) is 10. The van der Waals surface area contributed by atoms with Crippen molar-refractivity contribution in [1.82, 2.24) is 41.5 Å². The molecule has 3 aliphatic rings. The molecule has 0 spiro atoms. The first-order valence-electron chi connectivity index (χ1n) is 13.7. The van der Waals surface area contributed by atoms with Gasteiger partial charge in [0.2, 0.25) is 5.91 Å². The van der Waals surface area contributed by atoms with Crippen molar-refractivity contribution in [3.8, 4) is 6.07 Å². The minimum atomic E-state index is -0.931. The van der Waals surface area contributed by atoms with Gasteiger partial charge in [0.1, 0.15) is 6.04 Å². The second kappa shape index (κ2) is 10.6. The first-order valence-corrected chi connectivity index (χ1v) is 15.3. The third kappa shape index (κ3) is 4.61. The maximum absolute atomic E-state index is 13.2. The van der Waals surface area contributed by atoms with Gasteiger partial charge in [0.05, 0.1) is 27.8 Å². The number of H-pyrrole nitrogens is 1. The van der Waals surface area contributed by atoms with Crippen LogP contribution < -0.4 is 16.0 Å². The first kappa shape index (κ1) is 27.5. The van der Waals surface area contributed by atoms with Crippen molar-refractivity contribution in [2.75, 3.05) is 20.6 Å². The van der Waals surface area contributed by atoms with Gasteiger partial charge in [0, 0.05) is 35.9 Å². The zero-order valence-corrected chi connectivity index (χ0v) is 24.6. The number of hydrogen-bond donors (Lipinski definition) is 4. The number of carbonyl (C=O) groups excluding carboxylic acids is 3. The van der Waals surface area contributed by atoms with Crippen LogP contribution in [-0.4, -0.2) is 82.0 Å². The maximum atomic E-state index is 13.2. The van der Waals surface area contributed by atoms with Crippen LogP contribution in [0.1, 0.15) is 72.2 Å². The molecule has 0 aromatic carbocycles. The Morgan fingerprint density at radius 1 is 1.12 bits per heavy atom. The van der Waals surface area contributed by atoms with Crippen LogP contribution in [0.25, 0.3) is 0 Å². The number of tetrazole rings is 1. The highest BCUT2D eigenvalue weighted by atomic mass is 32.1. The van der Waals surface area contributed by atoms with Gasteiger partial charge in [-0.25, -0.2) is 0 Å². The predicted octanol–water partition coefficient (Wildman–Crippen LogP) is 1.36. The minimum Gasteiger partial charge on any atom is -0.354 e. The van der Waals surface area contributed by atoms with Gasteiger partial charge < -0.3 is 20.9 Å². The number of rotatable bonds is 8. The number of piperidine rings is 1. The highest BCUT2D eigenvalue weighted by Gasteiger charge is 2.54. The van der Waals surface area contributed by atoms with Crippen LogP contribution in [0, 0.1) is 17.2 Å². The normalized spacial score (nSPS) is 22.5. The van der Waals surface area contributed by atoms with Crippen molar-refractivity contribution in [2.45, 2.75) is 62.6 Å². The predicted molar refractivity (Wildman–Crippen MR) is 152 cm³/mol. The molecular formula is C27H31N9O3S2. The summed E-state index contributed by atoms with van der Waals surface area (Å²) in [7, 11) is 3.22. The third-order valence-electron chi connectivity index (χ3n) is 8.50. The Hall–Kier alpha value is -3.67. The molecule has 2 fully saturated rings. The van der Waals surface area contributed by atoms with E-state index < -0.39 is 5.41 Å². The lowest BCUT2D eigenvalue weighted by molar-refractivity contribution is -0.131. The highest BCUT2D eigenvalue weighted by Crippen LogP contribution is 2.51.